The van der Waals surface area contributed by atoms with E-state index >= 15 is 0 Å². The van der Waals surface area contributed by atoms with Gasteiger partial charge < -0.3 is 0 Å². The fraction of sp³-hybridized carbons (Fsp3) is 0.471. The van der Waals surface area contributed by atoms with Crippen LogP contribution in [0.25, 0.3) is 10.9 Å². The molecule has 1 aromatic carbocycles. The van der Waals surface area contributed by atoms with Crippen LogP contribution in [0.3, 0.4) is 0 Å². The normalized spacial score (nSPS) is 19.8. The highest BCUT2D eigenvalue weighted by molar-refractivity contribution is 6.17. The number of pyridine rings is 1. The van der Waals surface area contributed by atoms with Crippen molar-refractivity contribution in [3.05, 3.63) is 42.1 Å². The first-order valence-corrected chi connectivity index (χ1v) is 8.04. The molecule has 0 bridgehead atoms. The topological polar surface area (TPSA) is 16.1 Å². The summed E-state index contributed by atoms with van der Waals surface area (Å²) in [5.41, 5.74) is 2.50. The van der Waals surface area contributed by atoms with E-state index < -0.39 is 0 Å². The Labute approximate surface area is 125 Å². The Morgan fingerprint density at radius 1 is 1.25 bits per heavy atom. The number of hydrogen-bond donors (Lipinski definition) is 0. The van der Waals surface area contributed by atoms with Crippen molar-refractivity contribution in [2.75, 3.05) is 12.4 Å². The molecule has 1 atom stereocenters. The zero-order valence-electron chi connectivity index (χ0n) is 11.8. The summed E-state index contributed by atoms with van der Waals surface area (Å²) in [4.78, 5) is 7.07. The van der Waals surface area contributed by atoms with E-state index in [0.717, 1.165) is 24.4 Å². The molecule has 0 amide bonds. The number of alkyl halides is 1. The molecule has 0 saturated carbocycles. The minimum Gasteiger partial charge on any atom is -0.296 e. The van der Waals surface area contributed by atoms with Crippen molar-refractivity contribution in [3.8, 4) is 0 Å². The van der Waals surface area contributed by atoms with Gasteiger partial charge >= 0.3 is 0 Å². The second-order valence-electron chi connectivity index (χ2n) is 5.58. The molecule has 1 aliphatic rings. The lowest BCUT2D eigenvalue weighted by atomic mass is 10.1. The number of fused-ring (bicyclic) bond motifs is 1. The molecule has 2 nitrogen and oxygen atoms in total. The van der Waals surface area contributed by atoms with Crippen LogP contribution in [0.4, 0.5) is 0 Å². The predicted octanol–water partition coefficient (Wildman–Crippen LogP) is 4.22. The number of halogens is 1. The molecule has 106 valence electrons. The van der Waals surface area contributed by atoms with E-state index in [1.165, 1.54) is 36.8 Å². The van der Waals surface area contributed by atoms with E-state index in [9.17, 15) is 0 Å². The smallest absolute Gasteiger partial charge is 0.0705 e. The number of rotatable bonds is 5. The number of benzene rings is 1. The Balaban J connectivity index is 1.78. The first-order chi connectivity index (χ1) is 9.88. The summed E-state index contributed by atoms with van der Waals surface area (Å²) in [6, 6.07) is 11.3. The van der Waals surface area contributed by atoms with Crippen LogP contribution in [-0.2, 0) is 6.54 Å². The predicted molar refractivity (Wildman–Crippen MR) is 85.1 cm³/mol. The van der Waals surface area contributed by atoms with Crippen LogP contribution < -0.4 is 0 Å². The van der Waals surface area contributed by atoms with Crippen molar-refractivity contribution in [2.45, 2.75) is 38.3 Å². The molecule has 2 heterocycles. The summed E-state index contributed by atoms with van der Waals surface area (Å²) >= 11 is 5.84. The van der Waals surface area contributed by atoms with Gasteiger partial charge in [-0.2, -0.15) is 0 Å². The van der Waals surface area contributed by atoms with Crippen molar-refractivity contribution < 1.29 is 0 Å². The van der Waals surface area contributed by atoms with Crippen LogP contribution >= 0.6 is 11.6 Å². The van der Waals surface area contributed by atoms with Gasteiger partial charge in [0.05, 0.1) is 5.52 Å². The molecule has 1 saturated heterocycles. The molecule has 2 aromatic rings. The highest BCUT2D eigenvalue weighted by atomic mass is 35.5. The van der Waals surface area contributed by atoms with E-state index in [4.69, 9.17) is 11.6 Å². The Bertz CT molecular complexity index is 564. The summed E-state index contributed by atoms with van der Waals surface area (Å²) in [5.74, 6) is 0.780. The molecule has 3 heteroatoms. The van der Waals surface area contributed by atoms with E-state index in [0.29, 0.717) is 6.04 Å². The molecule has 1 unspecified atom stereocenters. The van der Waals surface area contributed by atoms with E-state index in [1.54, 1.807) is 0 Å². The molecule has 1 fully saturated rings. The van der Waals surface area contributed by atoms with Crippen LogP contribution in [0.15, 0.2) is 36.5 Å². The van der Waals surface area contributed by atoms with Gasteiger partial charge in [0.2, 0.25) is 0 Å². The van der Waals surface area contributed by atoms with Crippen molar-refractivity contribution in [3.63, 3.8) is 0 Å². The maximum absolute atomic E-state index is 5.84. The van der Waals surface area contributed by atoms with E-state index in [-0.39, 0.29) is 0 Å². The van der Waals surface area contributed by atoms with Crippen molar-refractivity contribution in [2.24, 2.45) is 0 Å². The van der Waals surface area contributed by atoms with Gasteiger partial charge in [0.25, 0.3) is 0 Å². The SMILES string of the molecule is ClCCCC1CCCN1Cc1ccnc2ccccc12. The van der Waals surface area contributed by atoms with Crippen molar-refractivity contribution >= 4 is 22.5 Å². The summed E-state index contributed by atoms with van der Waals surface area (Å²) in [5, 5.41) is 1.29. The average Bonchev–Trinajstić information content (AvgIpc) is 2.93. The van der Waals surface area contributed by atoms with E-state index in [1.807, 2.05) is 6.20 Å². The van der Waals surface area contributed by atoms with Gasteiger partial charge in [-0.3, -0.25) is 9.88 Å². The van der Waals surface area contributed by atoms with Gasteiger partial charge in [-0.15, -0.1) is 11.6 Å². The highest BCUT2D eigenvalue weighted by Gasteiger charge is 2.24. The number of nitrogens with zero attached hydrogens (tertiary/aromatic N) is 2. The molecule has 1 aliphatic heterocycles. The first-order valence-electron chi connectivity index (χ1n) is 7.51. The molecular weight excluding hydrogens is 268 g/mol. The molecule has 0 radical (unpaired) electrons. The number of aromatic nitrogens is 1. The zero-order valence-corrected chi connectivity index (χ0v) is 12.5. The van der Waals surface area contributed by atoms with Crippen LogP contribution in [0.1, 0.15) is 31.2 Å². The molecule has 0 spiro atoms. The molecule has 0 N–H and O–H groups in total. The van der Waals surface area contributed by atoms with Gasteiger partial charge in [-0.1, -0.05) is 18.2 Å². The number of para-hydroxylation sites is 1. The quantitative estimate of drug-likeness (QED) is 0.766. The standard InChI is InChI=1S/C17H21ClN2/c18-10-3-5-15-6-4-12-20(15)13-14-9-11-19-17-8-2-1-7-16(14)17/h1-2,7-9,11,15H,3-6,10,12-13H2. The fourth-order valence-corrected chi connectivity index (χ4v) is 3.41. The number of hydrogen-bond acceptors (Lipinski definition) is 2. The third-order valence-electron chi connectivity index (χ3n) is 4.28. The average molecular weight is 289 g/mol. The summed E-state index contributed by atoms with van der Waals surface area (Å²) in [6.07, 6.45) is 6.92. The van der Waals surface area contributed by atoms with Crippen LogP contribution in [0, 0.1) is 0 Å². The summed E-state index contributed by atoms with van der Waals surface area (Å²) in [7, 11) is 0. The lowest BCUT2D eigenvalue weighted by Crippen LogP contribution is -2.29. The fourth-order valence-electron chi connectivity index (χ4n) is 3.25. The molecule has 3 rings (SSSR count). The molecular formula is C17H21ClN2. The lowest BCUT2D eigenvalue weighted by molar-refractivity contribution is 0.234. The Morgan fingerprint density at radius 3 is 3.05 bits per heavy atom. The van der Waals surface area contributed by atoms with Crippen LogP contribution in [0.5, 0.6) is 0 Å². The minimum absolute atomic E-state index is 0.709. The number of likely N-dealkylation sites (tertiary alicyclic amines) is 1. The van der Waals surface area contributed by atoms with Gasteiger partial charge in [-0.25, -0.2) is 0 Å². The third-order valence-corrected chi connectivity index (χ3v) is 4.55. The zero-order chi connectivity index (χ0) is 13.8. The van der Waals surface area contributed by atoms with Gasteiger partial charge in [0, 0.05) is 30.0 Å². The Kier molecular flexibility index (Phi) is 4.54. The first kappa shape index (κ1) is 13.8. The highest BCUT2D eigenvalue weighted by Crippen LogP contribution is 2.26. The summed E-state index contributed by atoms with van der Waals surface area (Å²) in [6.45, 7) is 2.25. The van der Waals surface area contributed by atoms with Crippen LogP contribution in [0.2, 0.25) is 0 Å². The molecule has 20 heavy (non-hydrogen) atoms. The maximum atomic E-state index is 5.84. The maximum Gasteiger partial charge on any atom is 0.0705 e. The second kappa shape index (κ2) is 6.55. The largest absolute Gasteiger partial charge is 0.296 e. The second-order valence-corrected chi connectivity index (χ2v) is 5.96. The van der Waals surface area contributed by atoms with Gasteiger partial charge in [-0.05, 0) is 49.9 Å². The Hall–Kier alpha value is -1.12. The lowest BCUT2D eigenvalue weighted by Gasteiger charge is -2.24. The molecule has 0 aliphatic carbocycles. The third kappa shape index (κ3) is 2.97. The van der Waals surface area contributed by atoms with Crippen molar-refractivity contribution in [1.29, 1.82) is 0 Å². The monoisotopic (exact) mass is 288 g/mol. The van der Waals surface area contributed by atoms with E-state index in [2.05, 4.69) is 40.2 Å². The summed E-state index contributed by atoms with van der Waals surface area (Å²) < 4.78 is 0. The Morgan fingerprint density at radius 2 is 2.15 bits per heavy atom. The van der Waals surface area contributed by atoms with Crippen molar-refractivity contribution in [1.82, 2.24) is 9.88 Å². The minimum atomic E-state index is 0.709. The van der Waals surface area contributed by atoms with Gasteiger partial charge in [0.15, 0.2) is 0 Å². The van der Waals surface area contributed by atoms with Crippen LogP contribution in [-0.4, -0.2) is 28.4 Å². The van der Waals surface area contributed by atoms with Gasteiger partial charge in [0.1, 0.15) is 0 Å². The molecule has 1 aromatic heterocycles.